The number of rotatable bonds is 4. The van der Waals surface area contributed by atoms with Crippen molar-refractivity contribution in [3.8, 4) is 0 Å². The number of aromatic amines is 1. The lowest BCUT2D eigenvalue weighted by molar-refractivity contribution is 0.425. The van der Waals surface area contributed by atoms with Gasteiger partial charge in [-0.3, -0.25) is 0 Å². The van der Waals surface area contributed by atoms with E-state index < -0.39 is 7.12 Å². The Labute approximate surface area is 121 Å². The summed E-state index contributed by atoms with van der Waals surface area (Å²) >= 11 is 1.65. The van der Waals surface area contributed by atoms with E-state index in [1.54, 1.807) is 17.8 Å². The molecule has 100 valence electrons. The van der Waals surface area contributed by atoms with Crippen molar-refractivity contribution >= 4 is 35.2 Å². The first kappa shape index (κ1) is 13.3. The molecule has 0 aliphatic carbocycles. The summed E-state index contributed by atoms with van der Waals surface area (Å²) < 4.78 is 0. The molecule has 0 spiro atoms. The Hall–Kier alpha value is -1.69. The van der Waals surface area contributed by atoms with Gasteiger partial charge in [-0.15, -0.1) is 11.8 Å². The molecule has 0 aliphatic heterocycles. The van der Waals surface area contributed by atoms with Crippen molar-refractivity contribution < 1.29 is 10.0 Å². The second-order valence-electron chi connectivity index (χ2n) is 4.58. The fourth-order valence-corrected chi connectivity index (χ4v) is 3.16. The zero-order chi connectivity index (χ0) is 13.9. The van der Waals surface area contributed by atoms with Crippen LogP contribution < -0.4 is 5.46 Å². The van der Waals surface area contributed by atoms with Crippen LogP contribution in [0.5, 0.6) is 0 Å². The molecule has 5 heteroatoms. The average molecular weight is 283 g/mol. The summed E-state index contributed by atoms with van der Waals surface area (Å²) in [6.45, 7) is 0. The molecule has 0 atom stereocenters. The monoisotopic (exact) mass is 283 g/mol. The topological polar surface area (TPSA) is 56.2 Å². The molecule has 0 bridgehead atoms. The van der Waals surface area contributed by atoms with Crippen molar-refractivity contribution in [2.24, 2.45) is 0 Å². The summed E-state index contributed by atoms with van der Waals surface area (Å²) in [6.07, 6.45) is 0. The summed E-state index contributed by atoms with van der Waals surface area (Å²) in [4.78, 5) is 3.35. The molecule has 0 amide bonds. The largest absolute Gasteiger partial charge is 0.488 e. The Balaban J connectivity index is 1.79. The molecule has 3 rings (SSSR count). The van der Waals surface area contributed by atoms with Gasteiger partial charge in [0.25, 0.3) is 0 Å². The van der Waals surface area contributed by atoms with Crippen molar-refractivity contribution in [1.29, 1.82) is 0 Å². The summed E-state index contributed by atoms with van der Waals surface area (Å²) in [5, 5.41) is 21.0. The minimum atomic E-state index is -1.42. The molecule has 0 saturated carbocycles. The van der Waals surface area contributed by atoms with Crippen LogP contribution in [0.2, 0.25) is 0 Å². The van der Waals surface area contributed by atoms with E-state index in [0.29, 0.717) is 11.2 Å². The summed E-state index contributed by atoms with van der Waals surface area (Å²) in [6, 6.07) is 17.6. The molecule has 1 aromatic heterocycles. The first-order valence-corrected chi connectivity index (χ1v) is 7.37. The van der Waals surface area contributed by atoms with Crippen molar-refractivity contribution in [1.82, 2.24) is 4.98 Å². The Bertz CT molecular complexity index is 693. The molecule has 2 aromatic carbocycles. The van der Waals surface area contributed by atoms with Gasteiger partial charge >= 0.3 is 7.12 Å². The predicted molar refractivity (Wildman–Crippen MR) is 84.1 cm³/mol. The number of para-hydroxylation sites is 1. The lowest BCUT2D eigenvalue weighted by Gasteiger charge is -2.07. The summed E-state index contributed by atoms with van der Waals surface area (Å²) in [5.41, 5.74) is 2.62. The summed E-state index contributed by atoms with van der Waals surface area (Å²) in [5.74, 6) is 0.695. The third-order valence-corrected chi connectivity index (χ3v) is 4.21. The number of benzene rings is 2. The van der Waals surface area contributed by atoms with Gasteiger partial charge in [0.2, 0.25) is 0 Å². The van der Waals surface area contributed by atoms with Crippen molar-refractivity contribution in [2.75, 3.05) is 0 Å². The highest BCUT2D eigenvalue weighted by atomic mass is 32.2. The van der Waals surface area contributed by atoms with Crippen LogP contribution in [0, 0.1) is 0 Å². The number of fused-ring (bicyclic) bond motifs is 1. The third-order valence-electron chi connectivity index (χ3n) is 3.22. The van der Waals surface area contributed by atoms with Gasteiger partial charge in [0, 0.05) is 16.7 Å². The van der Waals surface area contributed by atoms with Gasteiger partial charge in [0.1, 0.15) is 0 Å². The highest BCUT2D eigenvalue weighted by Crippen LogP contribution is 2.25. The fourth-order valence-electron chi connectivity index (χ4n) is 2.20. The maximum Gasteiger partial charge on any atom is 0.488 e. The molecule has 0 fully saturated rings. The quantitative estimate of drug-likeness (QED) is 0.508. The van der Waals surface area contributed by atoms with Crippen LogP contribution >= 0.6 is 11.8 Å². The fraction of sp³-hybridized carbons (Fsp3) is 0.0667. The highest BCUT2D eigenvalue weighted by molar-refractivity contribution is 7.98. The van der Waals surface area contributed by atoms with E-state index in [2.05, 4.69) is 17.1 Å². The normalized spacial score (nSPS) is 10.9. The van der Waals surface area contributed by atoms with Gasteiger partial charge < -0.3 is 15.0 Å². The van der Waals surface area contributed by atoms with E-state index in [1.807, 2.05) is 36.4 Å². The number of H-pyrrole nitrogens is 1. The Morgan fingerprint density at radius 1 is 1.00 bits per heavy atom. The maximum atomic E-state index is 9.35. The lowest BCUT2D eigenvalue weighted by Crippen LogP contribution is -2.32. The number of hydrogen-bond acceptors (Lipinski definition) is 3. The van der Waals surface area contributed by atoms with Crippen LogP contribution in [0.4, 0.5) is 0 Å². The molecule has 3 N–H and O–H groups in total. The van der Waals surface area contributed by atoms with Crippen molar-refractivity contribution in [3.63, 3.8) is 0 Å². The standard InChI is InChI=1S/C15H14BNO2S/c18-16(19)13-7-3-1-6-12(13)10-20-15-9-11-5-2-4-8-14(11)17-15/h1-9,17-19H,10H2. The van der Waals surface area contributed by atoms with Crippen molar-refractivity contribution in [3.05, 3.63) is 60.2 Å². The van der Waals surface area contributed by atoms with Gasteiger partial charge in [-0.2, -0.15) is 0 Å². The van der Waals surface area contributed by atoms with Gasteiger partial charge in [-0.1, -0.05) is 42.5 Å². The predicted octanol–water partition coefficient (Wildman–Crippen LogP) is 2.14. The number of nitrogens with one attached hydrogen (secondary N) is 1. The minimum Gasteiger partial charge on any atom is -0.423 e. The molecular formula is C15H14BNO2S. The van der Waals surface area contributed by atoms with E-state index in [4.69, 9.17) is 0 Å². The van der Waals surface area contributed by atoms with Crippen LogP contribution in [0.3, 0.4) is 0 Å². The molecule has 0 radical (unpaired) electrons. The number of thioether (sulfide) groups is 1. The lowest BCUT2D eigenvalue weighted by atomic mass is 9.77. The van der Waals surface area contributed by atoms with Gasteiger partial charge in [-0.05, 0) is 23.2 Å². The molecule has 20 heavy (non-hydrogen) atoms. The number of aromatic nitrogens is 1. The minimum absolute atomic E-state index is 0.566. The summed E-state index contributed by atoms with van der Waals surface area (Å²) in [7, 11) is -1.42. The zero-order valence-corrected chi connectivity index (χ0v) is 11.6. The Morgan fingerprint density at radius 2 is 1.75 bits per heavy atom. The van der Waals surface area contributed by atoms with Crippen LogP contribution in [0.15, 0.2) is 59.6 Å². The van der Waals surface area contributed by atoms with E-state index in [0.717, 1.165) is 16.1 Å². The third kappa shape index (κ3) is 2.75. The van der Waals surface area contributed by atoms with E-state index >= 15 is 0 Å². The maximum absolute atomic E-state index is 9.35. The Morgan fingerprint density at radius 3 is 2.55 bits per heavy atom. The molecule has 1 heterocycles. The second kappa shape index (κ2) is 5.75. The van der Waals surface area contributed by atoms with Crippen LogP contribution in [0.1, 0.15) is 5.56 Å². The zero-order valence-electron chi connectivity index (χ0n) is 10.8. The van der Waals surface area contributed by atoms with Crippen molar-refractivity contribution in [2.45, 2.75) is 10.8 Å². The second-order valence-corrected chi connectivity index (χ2v) is 5.60. The molecular weight excluding hydrogens is 269 g/mol. The first-order chi connectivity index (χ1) is 9.74. The van der Waals surface area contributed by atoms with E-state index in [-0.39, 0.29) is 0 Å². The van der Waals surface area contributed by atoms with Gasteiger partial charge in [-0.25, -0.2) is 0 Å². The molecule has 0 aliphatic rings. The first-order valence-electron chi connectivity index (χ1n) is 6.38. The van der Waals surface area contributed by atoms with Crippen LogP contribution in [-0.4, -0.2) is 22.2 Å². The van der Waals surface area contributed by atoms with Crippen LogP contribution in [-0.2, 0) is 5.75 Å². The van der Waals surface area contributed by atoms with E-state index in [1.165, 1.54) is 5.39 Å². The number of hydrogen-bond donors (Lipinski definition) is 3. The molecule has 0 unspecified atom stereocenters. The average Bonchev–Trinajstić information content (AvgIpc) is 2.88. The van der Waals surface area contributed by atoms with E-state index in [9.17, 15) is 10.0 Å². The SMILES string of the molecule is OB(O)c1ccccc1CSc1cc2ccccc2[nH]1. The van der Waals surface area contributed by atoms with Gasteiger partial charge in [0.05, 0.1) is 5.03 Å². The Kier molecular flexibility index (Phi) is 3.82. The smallest absolute Gasteiger partial charge is 0.423 e. The molecule has 0 saturated heterocycles. The van der Waals surface area contributed by atoms with Crippen LogP contribution in [0.25, 0.3) is 10.9 Å². The molecule has 3 nitrogen and oxygen atoms in total. The van der Waals surface area contributed by atoms with Gasteiger partial charge in [0.15, 0.2) is 0 Å². The molecule has 3 aromatic rings. The highest BCUT2D eigenvalue weighted by Gasteiger charge is 2.15.